The van der Waals surface area contributed by atoms with Gasteiger partial charge in [0, 0.05) is 11.3 Å². The van der Waals surface area contributed by atoms with E-state index in [0.29, 0.717) is 35.0 Å². The number of aryl methyl sites for hydroxylation is 1. The molecule has 2 aromatic heterocycles. The second kappa shape index (κ2) is 5.44. The minimum atomic E-state index is 0.109. The molecule has 3 aromatic rings. The van der Waals surface area contributed by atoms with Gasteiger partial charge in [-0.1, -0.05) is 6.07 Å². The summed E-state index contributed by atoms with van der Waals surface area (Å²) in [5.41, 5.74) is 15.7. The van der Waals surface area contributed by atoms with E-state index < -0.39 is 0 Å². The number of anilines is 2. The van der Waals surface area contributed by atoms with E-state index in [9.17, 15) is 0 Å². The van der Waals surface area contributed by atoms with Gasteiger partial charge in [0.25, 0.3) is 0 Å². The molecule has 0 aliphatic heterocycles. The maximum Gasteiger partial charge on any atom is 0.247 e. The maximum atomic E-state index is 5.86. The first kappa shape index (κ1) is 14.0. The average molecular weight is 296 g/mol. The SMILES string of the molecule is CCOc1nc(N)nc2ncc(-c3cc(N)ccc3C)nc12. The Hall–Kier alpha value is -2.96. The number of nitrogen functional groups attached to an aromatic ring is 2. The lowest BCUT2D eigenvalue weighted by Crippen LogP contribution is -2.04. The van der Waals surface area contributed by atoms with Gasteiger partial charge in [0.2, 0.25) is 11.8 Å². The van der Waals surface area contributed by atoms with E-state index in [1.54, 1.807) is 6.20 Å². The van der Waals surface area contributed by atoms with E-state index in [4.69, 9.17) is 16.2 Å². The molecule has 4 N–H and O–H groups in total. The molecule has 0 amide bonds. The molecule has 0 saturated heterocycles. The number of benzene rings is 1. The summed E-state index contributed by atoms with van der Waals surface area (Å²) in [5.74, 6) is 0.444. The lowest BCUT2D eigenvalue weighted by Gasteiger charge is -2.09. The highest BCUT2D eigenvalue weighted by Gasteiger charge is 2.13. The summed E-state index contributed by atoms with van der Waals surface area (Å²) in [6.45, 7) is 4.31. The normalized spacial score (nSPS) is 10.8. The fraction of sp³-hybridized carbons (Fsp3) is 0.200. The Labute approximate surface area is 127 Å². The number of hydrogen-bond donors (Lipinski definition) is 2. The number of fused-ring (bicyclic) bond motifs is 1. The Balaban J connectivity index is 2.22. The molecule has 7 heteroatoms. The van der Waals surface area contributed by atoms with Gasteiger partial charge in [-0.25, -0.2) is 9.97 Å². The van der Waals surface area contributed by atoms with Crippen LogP contribution < -0.4 is 16.2 Å². The number of rotatable bonds is 3. The van der Waals surface area contributed by atoms with Gasteiger partial charge in [-0.05, 0) is 31.5 Å². The predicted octanol–water partition coefficient (Wildman–Crippen LogP) is 1.96. The number of hydrogen-bond acceptors (Lipinski definition) is 7. The molecule has 0 aliphatic rings. The highest BCUT2D eigenvalue weighted by molar-refractivity contribution is 5.80. The van der Waals surface area contributed by atoms with Crippen LogP contribution in [0.25, 0.3) is 22.4 Å². The molecule has 0 saturated carbocycles. The van der Waals surface area contributed by atoms with E-state index in [2.05, 4.69) is 19.9 Å². The summed E-state index contributed by atoms with van der Waals surface area (Å²) < 4.78 is 5.49. The van der Waals surface area contributed by atoms with E-state index in [-0.39, 0.29) is 5.95 Å². The molecular formula is C15H16N6O. The molecule has 22 heavy (non-hydrogen) atoms. The first-order valence-electron chi connectivity index (χ1n) is 6.88. The molecule has 7 nitrogen and oxygen atoms in total. The van der Waals surface area contributed by atoms with Crippen molar-refractivity contribution < 1.29 is 4.74 Å². The minimum Gasteiger partial charge on any atom is -0.476 e. The van der Waals surface area contributed by atoms with Crippen molar-refractivity contribution >= 4 is 22.8 Å². The van der Waals surface area contributed by atoms with Gasteiger partial charge < -0.3 is 16.2 Å². The van der Waals surface area contributed by atoms with Crippen molar-refractivity contribution in [1.82, 2.24) is 19.9 Å². The summed E-state index contributed by atoms with van der Waals surface area (Å²) in [4.78, 5) is 17.1. The van der Waals surface area contributed by atoms with Crippen molar-refractivity contribution in [1.29, 1.82) is 0 Å². The Morgan fingerprint density at radius 2 is 1.95 bits per heavy atom. The lowest BCUT2D eigenvalue weighted by molar-refractivity contribution is 0.330. The summed E-state index contributed by atoms with van der Waals surface area (Å²) >= 11 is 0. The van der Waals surface area contributed by atoms with Crippen LogP contribution in [0.1, 0.15) is 12.5 Å². The fourth-order valence-corrected chi connectivity index (χ4v) is 2.18. The second-order valence-corrected chi connectivity index (χ2v) is 4.82. The highest BCUT2D eigenvalue weighted by Crippen LogP contribution is 2.27. The fourth-order valence-electron chi connectivity index (χ4n) is 2.18. The zero-order valence-corrected chi connectivity index (χ0v) is 12.4. The smallest absolute Gasteiger partial charge is 0.247 e. The number of nitrogens with two attached hydrogens (primary N) is 2. The minimum absolute atomic E-state index is 0.109. The monoisotopic (exact) mass is 296 g/mol. The highest BCUT2D eigenvalue weighted by atomic mass is 16.5. The van der Waals surface area contributed by atoms with Crippen molar-refractivity contribution in [3.63, 3.8) is 0 Å². The number of nitrogens with zero attached hydrogens (tertiary/aromatic N) is 4. The van der Waals surface area contributed by atoms with E-state index in [1.165, 1.54) is 0 Å². The van der Waals surface area contributed by atoms with Crippen molar-refractivity contribution in [3.05, 3.63) is 30.0 Å². The predicted molar refractivity (Wildman–Crippen MR) is 85.3 cm³/mol. The quantitative estimate of drug-likeness (QED) is 0.710. The number of aromatic nitrogens is 4. The van der Waals surface area contributed by atoms with Crippen LogP contribution in [-0.4, -0.2) is 26.5 Å². The van der Waals surface area contributed by atoms with Crippen LogP contribution >= 0.6 is 0 Å². The van der Waals surface area contributed by atoms with Gasteiger partial charge in [-0.2, -0.15) is 9.97 Å². The molecule has 0 atom stereocenters. The van der Waals surface area contributed by atoms with Crippen LogP contribution in [0.3, 0.4) is 0 Å². The average Bonchev–Trinajstić information content (AvgIpc) is 2.49. The van der Waals surface area contributed by atoms with Gasteiger partial charge in [0.15, 0.2) is 11.2 Å². The van der Waals surface area contributed by atoms with Crippen molar-refractivity contribution in [2.75, 3.05) is 18.1 Å². The van der Waals surface area contributed by atoms with Crippen LogP contribution in [0.2, 0.25) is 0 Å². The van der Waals surface area contributed by atoms with Crippen LogP contribution in [0, 0.1) is 6.92 Å². The zero-order valence-electron chi connectivity index (χ0n) is 12.4. The van der Waals surface area contributed by atoms with Crippen LogP contribution in [0.5, 0.6) is 5.88 Å². The first-order valence-corrected chi connectivity index (χ1v) is 6.88. The largest absolute Gasteiger partial charge is 0.476 e. The van der Waals surface area contributed by atoms with E-state index in [1.807, 2.05) is 32.0 Å². The number of ether oxygens (including phenoxy) is 1. The summed E-state index contributed by atoms with van der Waals surface area (Å²) in [6.07, 6.45) is 1.65. The Morgan fingerprint density at radius 3 is 2.73 bits per heavy atom. The zero-order chi connectivity index (χ0) is 15.7. The summed E-state index contributed by atoms with van der Waals surface area (Å²) in [6, 6.07) is 5.66. The van der Waals surface area contributed by atoms with Gasteiger partial charge in [0.1, 0.15) is 0 Å². The third-order valence-electron chi connectivity index (χ3n) is 3.21. The second-order valence-electron chi connectivity index (χ2n) is 4.82. The van der Waals surface area contributed by atoms with Crippen molar-refractivity contribution in [2.45, 2.75) is 13.8 Å². The molecule has 0 fully saturated rings. The third kappa shape index (κ3) is 2.48. The topological polar surface area (TPSA) is 113 Å². The Morgan fingerprint density at radius 1 is 1.14 bits per heavy atom. The van der Waals surface area contributed by atoms with Crippen LogP contribution in [0.4, 0.5) is 11.6 Å². The standard InChI is InChI=1S/C15H16N6O/c1-3-22-14-12-13(20-15(17)21-14)18-7-11(19-12)10-6-9(16)5-4-8(10)2/h4-7H,3,16H2,1-2H3,(H2,17,18,20,21). The molecule has 0 bridgehead atoms. The Bertz CT molecular complexity index is 849. The van der Waals surface area contributed by atoms with E-state index in [0.717, 1.165) is 11.1 Å². The van der Waals surface area contributed by atoms with Gasteiger partial charge in [0.05, 0.1) is 18.5 Å². The van der Waals surface area contributed by atoms with Gasteiger partial charge in [-0.15, -0.1) is 0 Å². The van der Waals surface area contributed by atoms with Crippen molar-refractivity contribution in [3.8, 4) is 17.1 Å². The van der Waals surface area contributed by atoms with Crippen LogP contribution in [-0.2, 0) is 0 Å². The summed E-state index contributed by atoms with van der Waals surface area (Å²) in [5, 5.41) is 0. The molecule has 112 valence electrons. The Kier molecular flexibility index (Phi) is 3.46. The molecule has 0 spiro atoms. The lowest BCUT2D eigenvalue weighted by atomic mass is 10.1. The first-order chi connectivity index (χ1) is 10.6. The molecule has 0 radical (unpaired) electrons. The van der Waals surface area contributed by atoms with Crippen LogP contribution in [0.15, 0.2) is 24.4 Å². The molecule has 1 aromatic carbocycles. The van der Waals surface area contributed by atoms with Gasteiger partial charge in [-0.3, -0.25) is 0 Å². The molecule has 3 rings (SSSR count). The molecule has 0 aliphatic carbocycles. The van der Waals surface area contributed by atoms with Gasteiger partial charge >= 0.3 is 0 Å². The third-order valence-corrected chi connectivity index (χ3v) is 3.21. The van der Waals surface area contributed by atoms with E-state index >= 15 is 0 Å². The molecule has 0 unspecified atom stereocenters. The molecular weight excluding hydrogens is 280 g/mol. The molecule has 2 heterocycles. The summed E-state index contributed by atoms with van der Waals surface area (Å²) in [7, 11) is 0. The maximum absolute atomic E-state index is 5.86. The van der Waals surface area contributed by atoms with Crippen molar-refractivity contribution in [2.24, 2.45) is 0 Å².